The van der Waals surface area contributed by atoms with E-state index in [0.717, 1.165) is 23.2 Å². The zero-order valence-electron chi connectivity index (χ0n) is 11.9. The van der Waals surface area contributed by atoms with Crippen molar-refractivity contribution in [3.63, 3.8) is 0 Å². The Morgan fingerprint density at radius 2 is 2.05 bits per heavy atom. The summed E-state index contributed by atoms with van der Waals surface area (Å²) in [5.74, 6) is 0.282. The van der Waals surface area contributed by atoms with Crippen molar-refractivity contribution in [1.82, 2.24) is 4.57 Å². The average molecular weight is 272 g/mol. The molecule has 1 heterocycles. The minimum absolute atomic E-state index is 0.0100. The largest absolute Gasteiger partial charge is 0.508 e. The van der Waals surface area contributed by atoms with Crippen LogP contribution in [0.15, 0.2) is 41.3 Å². The fourth-order valence-corrected chi connectivity index (χ4v) is 2.10. The number of benzene rings is 1. The molecule has 1 aromatic heterocycles. The lowest BCUT2D eigenvalue weighted by atomic mass is 10.1. The second-order valence-electron chi connectivity index (χ2n) is 4.94. The van der Waals surface area contributed by atoms with Gasteiger partial charge in [-0.3, -0.25) is 4.79 Å². The van der Waals surface area contributed by atoms with Gasteiger partial charge in [0.1, 0.15) is 5.75 Å². The predicted molar refractivity (Wildman–Crippen MR) is 81.2 cm³/mol. The minimum Gasteiger partial charge on any atom is -0.508 e. The van der Waals surface area contributed by atoms with Crippen molar-refractivity contribution in [2.45, 2.75) is 33.4 Å². The molecule has 4 heteroatoms. The van der Waals surface area contributed by atoms with Gasteiger partial charge >= 0.3 is 0 Å². The summed E-state index contributed by atoms with van der Waals surface area (Å²) in [6.07, 6.45) is 2.74. The van der Waals surface area contributed by atoms with Crippen molar-refractivity contribution in [2.75, 3.05) is 5.32 Å². The summed E-state index contributed by atoms with van der Waals surface area (Å²) in [5, 5.41) is 13.0. The van der Waals surface area contributed by atoms with Gasteiger partial charge < -0.3 is 15.0 Å². The summed E-state index contributed by atoms with van der Waals surface area (Å²) in [7, 11) is 0. The SMILES string of the molecule is CCCn1cc(NCc2cc(C)ccc2O)ccc1=O. The first-order valence-corrected chi connectivity index (χ1v) is 6.83. The Balaban J connectivity index is 2.12. The molecule has 106 valence electrons. The molecular weight excluding hydrogens is 252 g/mol. The third-order valence-electron chi connectivity index (χ3n) is 3.17. The number of aryl methyl sites for hydroxylation is 2. The Labute approximate surface area is 118 Å². The van der Waals surface area contributed by atoms with Crippen LogP contribution in [0.25, 0.3) is 0 Å². The van der Waals surface area contributed by atoms with Gasteiger partial charge in [0, 0.05) is 30.9 Å². The number of phenols is 1. The lowest BCUT2D eigenvalue weighted by Gasteiger charge is -2.11. The van der Waals surface area contributed by atoms with E-state index in [2.05, 4.69) is 5.32 Å². The molecule has 0 unspecified atom stereocenters. The van der Waals surface area contributed by atoms with Crippen LogP contribution in [0.2, 0.25) is 0 Å². The van der Waals surface area contributed by atoms with Gasteiger partial charge in [-0.1, -0.05) is 24.6 Å². The van der Waals surface area contributed by atoms with Crippen LogP contribution in [-0.2, 0) is 13.1 Å². The van der Waals surface area contributed by atoms with E-state index in [0.29, 0.717) is 13.1 Å². The number of rotatable bonds is 5. The second kappa shape index (κ2) is 6.28. The molecule has 2 rings (SSSR count). The topological polar surface area (TPSA) is 54.3 Å². The molecule has 0 saturated carbocycles. The molecule has 0 radical (unpaired) electrons. The van der Waals surface area contributed by atoms with Gasteiger partial charge in [0.2, 0.25) is 0 Å². The van der Waals surface area contributed by atoms with E-state index in [1.54, 1.807) is 22.8 Å². The number of nitrogens with one attached hydrogen (secondary N) is 1. The number of pyridine rings is 1. The lowest BCUT2D eigenvalue weighted by Crippen LogP contribution is -2.18. The van der Waals surface area contributed by atoms with E-state index in [-0.39, 0.29) is 11.3 Å². The molecule has 0 saturated heterocycles. The molecule has 0 atom stereocenters. The van der Waals surface area contributed by atoms with Gasteiger partial charge in [-0.25, -0.2) is 0 Å². The van der Waals surface area contributed by atoms with E-state index in [1.807, 2.05) is 32.2 Å². The summed E-state index contributed by atoms with van der Waals surface area (Å²) in [6, 6.07) is 8.85. The summed E-state index contributed by atoms with van der Waals surface area (Å²) >= 11 is 0. The van der Waals surface area contributed by atoms with Crippen LogP contribution >= 0.6 is 0 Å². The molecule has 1 aromatic carbocycles. The molecular formula is C16H20N2O2. The highest BCUT2D eigenvalue weighted by Crippen LogP contribution is 2.19. The highest BCUT2D eigenvalue weighted by Gasteiger charge is 2.02. The molecule has 0 bridgehead atoms. The maximum Gasteiger partial charge on any atom is 0.250 e. The zero-order chi connectivity index (χ0) is 14.5. The molecule has 0 fully saturated rings. The van der Waals surface area contributed by atoms with Crippen LogP contribution in [0, 0.1) is 6.92 Å². The fraction of sp³-hybridized carbons (Fsp3) is 0.312. The van der Waals surface area contributed by atoms with Gasteiger partial charge in [0.05, 0.1) is 5.69 Å². The third kappa shape index (κ3) is 3.41. The fourth-order valence-electron chi connectivity index (χ4n) is 2.10. The monoisotopic (exact) mass is 272 g/mol. The Hall–Kier alpha value is -2.23. The Morgan fingerprint density at radius 1 is 1.25 bits per heavy atom. The molecule has 2 aromatic rings. The maximum atomic E-state index is 11.6. The number of hydrogen-bond donors (Lipinski definition) is 2. The van der Waals surface area contributed by atoms with E-state index in [1.165, 1.54) is 0 Å². The van der Waals surface area contributed by atoms with Crippen LogP contribution in [0.3, 0.4) is 0 Å². The summed E-state index contributed by atoms with van der Waals surface area (Å²) in [6.45, 7) is 5.27. The van der Waals surface area contributed by atoms with Gasteiger partial charge in [-0.15, -0.1) is 0 Å². The first-order chi connectivity index (χ1) is 9.60. The molecule has 0 aliphatic heterocycles. The van der Waals surface area contributed by atoms with Gasteiger partial charge in [-0.05, 0) is 25.5 Å². The predicted octanol–water partition coefficient (Wildman–Crippen LogP) is 2.88. The summed E-state index contributed by atoms with van der Waals surface area (Å²) in [5.41, 5.74) is 2.84. The molecule has 0 aliphatic rings. The molecule has 0 amide bonds. The second-order valence-corrected chi connectivity index (χ2v) is 4.94. The maximum absolute atomic E-state index is 11.6. The summed E-state index contributed by atoms with van der Waals surface area (Å²) in [4.78, 5) is 11.6. The van der Waals surface area contributed by atoms with Crippen LogP contribution < -0.4 is 10.9 Å². The minimum atomic E-state index is 0.0100. The Morgan fingerprint density at radius 3 is 2.80 bits per heavy atom. The number of nitrogens with zero attached hydrogens (tertiary/aromatic N) is 1. The van der Waals surface area contributed by atoms with Gasteiger partial charge in [0.15, 0.2) is 0 Å². The van der Waals surface area contributed by atoms with Crippen LogP contribution in [0.1, 0.15) is 24.5 Å². The Kier molecular flexibility index (Phi) is 4.45. The quantitative estimate of drug-likeness (QED) is 0.880. The number of anilines is 1. The van der Waals surface area contributed by atoms with Crippen molar-refractivity contribution >= 4 is 5.69 Å². The number of phenolic OH excluding ortho intramolecular Hbond substituents is 1. The van der Waals surface area contributed by atoms with Gasteiger partial charge in [-0.2, -0.15) is 0 Å². The van der Waals surface area contributed by atoms with E-state index >= 15 is 0 Å². The van der Waals surface area contributed by atoms with Gasteiger partial charge in [0.25, 0.3) is 5.56 Å². The average Bonchev–Trinajstić information content (AvgIpc) is 2.43. The zero-order valence-corrected chi connectivity index (χ0v) is 11.9. The number of hydrogen-bond acceptors (Lipinski definition) is 3. The first kappa shape index (κ1) is 14.2. The molecule has 4 nitrogen and oxygen atoms in total. The molecule has 0 spiro atoms. The van der Waals surface area contributed by atoms with E-state index in [9.17, 15) is 9.90 Å². The van der Waals surface area contributed by atoms with E-state index < -0.39 is 0 Å². The normalized spacial score (nSPS) is 10.5. The molecule has 0 aliphatic carbocycles. The van der Waals surface area contributed by atoms with Crippen molar-refractivity contribution in [3.8, 4) is 5.75 Å². The molecule has 20 heavy (non-hydrogen) atoms. The standard InChI is InChI=1S/C16H20N2O2/c1-3-8-18-11-14(5-7-16(18)20)17-10-13-9-12(2)4-6-15(13)19/h4-7,9,11,17,19H,3,8,10H2,1-2H3. The third-order valence-corrected chi connectivity index (χ3v) is 3.17. The summed E-state index contributed by atoms with van der Waals surface area (Å²) < 4.78 is 1.69. The van der Waals surface area contributed by atoms with Crippen LogP contribution in [0.5, 0.6) is 5.75 Å². The Bertz CT molecular complexity index is 647. The highest BCUT2D eigenvalue weighted by molar-refractivity contribution is 5.44. The number of aromatic hydroxyl groups is 1. The van der Waals surface area contributed by atoms with Crippen molar-refractivity contribution in [2.24, 2.45) is 0 Å². The van der Waals surface area contributed by atoms with Crippen molar-refractivity contribution in [1.29, 1.82) is 0 Å². The van der Waals surface area contributed by atoms with Crippen molar-refractivity contribution in [3.05, 3.63) is 58.0 Å². The number of aromatic nitrogens is 1. The highest BCUT2D eigenvalue weighted by atomic mass is 16.3. The van der Waals surface area contributed by atoms with E-state index in [4.69, 9.17) is 0 Å². The van der Waals surface area contributed by atoms with Crippen LogP contribution in [-0.4, -0.2) is 9.67 Å². The smallest absolute Gasteiger partial charge is 0.250 e. The van der Waals surface area contributed by atoms with Crippen LogP contribution in [0.4, 0.5) is 5.69 Å². The molecule has 2 N–H and O–H groups in total. The van der Waals surface area contributed by atoms with Crippen molar-refractivity contribution < 1.29 is 5.11 Å². The first-order valence-electron chi connectivity index (χ1n) is 6.83. The lowest BCUT2D eigenvalue weighted by molar-refractivity contribution is 0.469.